The van der Waals surface area contributed by atoms with Crippen LogP contribution >= 0.6 is 15.9 Å². The Balaban J connectivity index is 2.00. The number of amides is 1. The molecule has 0 saturated carbocycles. The molecule has 1 fully saturated rings. The summed E-state index contributed by atoms with van der Waals surface area (Å²) in [6.45, 7) is 6.11. The molecular weight excluding hydrogens is 538 g/mol. The molecule has 0 aromatic heterocycles. The topological polar surface area (TPSA) is 85.3 Å². The van der Waals surface area contributed by atoms with Gasteiger partial charge in [-0.3, -0.25) is 14.5 Å². The molecule has 0 radical (unpaired) electrons. The molecule has 37 heavy (non-hydrogen) atoms. The number of hydrogen-bond acceptors (Lipinski definition) is 6. The fraction of sp³-hybridized carbons (Fsp3) is 0.241. The van der Waals surface area contributed by atoms with Crippen LogP contribution in [0.2, 0.25) is 0 Å². The minimum Gasteiger partial charge on any atom is -0.507 e. The first kappa shape index (κ1) is 26.3. The van der Waals surface area contributed by atoms with Crippen molar-refractivity contribution in [3.63, 3.8) is 0 Å². The summed E-state index contributed by atoms with van der Waals surface area (Å²) in [5.74, 6) is -0.214. The van der Waals surface area contributed by atoms with E-state index >= 15 is 0 Å². The largest absolute Gasteiger partial charge is 0.507 e. The van der Waals surface area contributed by atoms with Crippen molar-refractivity contribution < 1.29 is 28.9 Å². The molecule has 0 aliphatic carbocycles. The molecule has 1 aliphatic heterocycles. The van der Waals surface area contributed by atoms with E-state index in [4.69, 9.17) is 14.2 Å². The Labute approximate surface area is 224 Å². The fourth-order valence-electron chi connectivity index (χ4n) is 4.49. The van der Waals surface area contributed by atoms with Crippen LogP contribution in [0.15, 0.2) is 64.6 Å². The number of halogens is 1. The highest BCUT2D eigenvalue weighted by Gasteiger charge is 2.47. The number of aliphatic hydroxyl groups excluding tert-OH is 1. The second-order valence-corrected chi connectivity index (χ2v) is 9.44. The van der Waals surface area contributed by atoms with E-state index in [0.717, 1.165) is 11.1 Å². The van der Waals surface area contributed by atoms with E-state index in [1.54, 1.807) is 49.6 Å². The molecule has 1 aliphatic rings. The van der Waals surface area contributed by atoms with Crippen molar-refractivity contribution in [2.24, 2.45) is 0 Å². The minimum atomic E-state index is -0.897. The smallest absolute Gasteiger partial charge is 0.300 e. The van der Waals surface area contributed by atoms with Gasteiger partial charge in [-0.15, -0.1) is 0 Å². The summed E-state index contributed by atoms with van der Waals surface area (Å²) >= 11 is 3.43. The Hall–Kier alpha value is -3.78. The molecule has 1 unspecified atom stereocenters. The predicted molar refractivity (Wildman–Crippen MR) is 146 cm³/mol. The normalized spacial score (nSPS) is 16.7. The van der Waals surface area contributed by atoms with Crippen molar-refractivity contribution in [1.29, 1.82) is 0 Å². The Kier molecular flexibility index (Phi) is 7.59. The summed E-state index contributed by atoms with van der Waals surface area (Å²) in [5, 5.41) is 11.5. The lowest BCUT2D eigenvalue weighted by molar-refractivity contribution is -0.132. The second kappa shape index (κ2) is 10.7. The number of carbonyl (C=O) groups is 2. The van der Waals surface area contributed by atoms with Gasteiger partial charge in [-0.2, -0.15) is 0 Å². The van der Waals surface area contributed by atoms with E-state index in [0.29, 0.717) is 45.1 Å². The first-order valence-corrected chi connectivity index (χ1v) is 12.5. The van der Waals surface area contributed by atoms with Crippen molar-refractivity contribution in [2.75, 3.05) is 25.7 Å². The van der Waals surface area contributed by atoms with Gasteiger partial charge in [-0.05, 0) is 89.8 Å². The first-order chi connectivity index (χ1) is 17.7. The number of nitrogens with zero attached hydrogens (tertiary/aromatic N) is 1. The summed E-state index contributed by atoms with van der Waals surface area (Å²) in [5.41, 5.74) is 3.38. The SMILES string of the molecule is CCOc1cc(C2/C(=C(\O)c3ccc(OC)c(Br)c3)C(=O)C(=O)N2c2cccc(C)c2C)ccc1OC. The van der Waals surface area contributed by atoms with E-state index in [-0.39, 0.29) is 11.3 Å². The van der Waals surface area contributed by atoms with Crippen molar-refractivity contribution in [3.8, 4) is 17.2 Å². The maximum atomic E-state index is 13.5. The number of carbonyl (C=O) groups excluding carboxylic acids is 2. The Morgan fingerprint density at radius 2 is 1.68 bits per heavy atom. The van der Waals surface area contributed by atoms with Gasteiger partial charge in [0.15, 0.2) is 11.5 Å². The van der Waals surface area contributed by atoms with Crippen LogP contribution in [0.1, 0.15) is 35.2 Å². The van der Waals surface area contributed by atoms with E-state index in [2.05, 4.69) is 15.9 Å². The molecule has 0 bridgehead atoms. The number of rotatable bonds is 7. The monoisotopic (exact) mass is 565 g/mol. The average Bonchev–Trinajstić information content (AvgIpc) is 3.15. The highest BCUT2D eigenvalue weighted by atomic mass is 79.9. The summed E-state index contributed by atoms with van der Waals surface area (Å²) in [4.78, 5) is 28.5. The van der Waals surface area contributed by atoms with Gasteiger partial charge in [0.05, 0.1) is 36.9 Å². The number of hydrogen-bond donors (Lipinski definition) is 1. The highest BCUT2D eigenvalue weighted by Crippen LogP contribution is 2.45. The van der Waals surface area contributed by atoms with Gasteiger partial charge >= 0.3 is 0 Å². The van der Waals surface area contributed by atoms with E-state index in [9.17, 15) is 14.7 Å². The quantitative estimate of drug-likeness (QED) is 0.211. The van der Waals surface area contributed by atoms with Crippen LogP contribution in [-0.4, -0.2) is 37.6 Å². The van der Waals surface area contributed by atoms with Crippen LogP contribution in [0, 0.1) is 13.8 Å². The van der Waals surface area contributed by atoms with Crippen molar-refractivity contribution in [2.45, 2.75) is 26.8 Å². The molecule has 0 spiro atoms. The van der Waals surface area contributed by atoms with Crippen LogP contribution in [-0.2, 0) is 9.59 Å². The molecule has 1 N–H and O–H groups in total. The van der Waals surface area contributed by atoms with Crippen LogP contribution in [0.4, 0.5) is 5.69 Å². The molecule has 1 saturated heterocycles. The highest BCUT2D eigenvalue weighted by molar-refractivity contribution is 9.10. The van der Waals surface area contributed by atoms with Crippen LogP contribution in [0.5, 0.6) is 17.2 Å². The molecule has 3 aromatic carbocycles. The Bertz CT molecular complexity index is 1410. The maximum absolute atomic E-state index is 13.5. The number of ether oxygens (including phenoxy) is 3. The van der Waals surface area contributed by atoms with E-state index < -0.39 is 17.7 Å². The summed E-state index contributed by atoms with van der Waals surface area (Å²) in [6, 6.07) is 14.9. The zero-order valence-corrected chi connectivity index (χ0v) is 22.9. The molecule has 8 heteroatoms. The van der Waals surface area contributed by atoms with Gasteiger partial charge in [-0.1, -0.05) is 18.2 Å². The van der Waals surface area contributed by atoms with Gasteiger partial charge in [0, 0.05) is 11.3 Å². The lowest BCUT2D eigenvalue weighted by atomic mass is 9.94. The standard InChI is InChI=1S/C29H28BrNO6/c1-6-37-24-15-18(10-13-23(24)36-5)26-25(27(32)19-11-12-22(35-4)20(30)14-19)28(33)29(34)31(26)21-9-7-8-16(2)17(21)3/h7-15,26,32H,6H2,1-5H3/b27-25+. The molecule has 192 valence electrons. The lowest BCUT2D eigenvalue weighted by Crippen LogP contribution is -2.30. The summed E-state index contributed by atoms with van der Waals surface area (Å²) < 4.78 is 17.1. The predicted octanol–water partition coefficient (Wildman–Crippen LogP) is 6.11. The van der Waals surface area contributed by atoms with Gasteiger partial charge < -0.3 is 19.3 Å². The van der Waals surface area contributed by atoms with E-state index in [1.165, 1.54) is 12.0 Å². The van der Waals surface area contributed by atoms with Crippen molar-refractivity contribution in [3.05, 3.63) is 86.9 Å². The number of anilines is 1. The zero-order chi connectivity index (χ0) is 26.9. The molecular formula is C29H28BrNO6. The minimum absolute atomic E-state index is 0.0180. The Morgan fingerprint density at radius 3 is 2.32 bits per heavy atom. The first-order valence-electron chi connectivity index (χ1n) is 11.7. The van der Waals surface area contributed by atoms with Gasteiger partial charge in [0.1, 0.15) is 11.5 Å². The third-order valence-electron chi connectivity index (χ3n) is 6.51. The van der Waals surface area contributed by atoms with Gasteiger partial charge in [0.2, 0.25) is 0 Å². The molecule has 3 aromatic rings. The summed E-state index contributed by atoms with van der Waals surface area (Å²) in [6.07, 6.45) is 0. The number of aliphatic hydroxyl groups is 1. The fourth-order valence-corrected chi connectivity index (χ4v) is 5.03. The van der Waals surface area contributed by atoms with Crippen LogP contribution < -0.4 is 19.1 Å². The number of aryl methyl sites for hydroxylation is 1. The number of Topliss-reactive ketones (excluding diaryl/α,β-unsaturated/α-hetero) is 1. The Morgan fingerprint density at radius 1 is 0.973 bits per heavy atom. The zero-order valence-electron chi connectivity index (χ0n) is 21.3. The van der Waals surface area contributed by atoms with E-state index in [1.807, 2.05) is 32.9 Å². The third-order valence-corrected chi connectivity index (χ3v) is 7.13. The molecule has 1 heterocycles. The van der Waals surface area contributed by atoms with Crippen LogP contribution in [0.25, 0.3) is 5.76 Å². The summed E-state index contributed by atoms with van der Waals surface area (Å²) in [7, 11) is 3.08. The van der Waals surface area contributed by atoms with Gasteiger partial charge in [0.25, 0.3) is 11.7 Å². The average molecular weight is 566 g/mol. The maximum Gasteiger partial charge on any atom is 0.300 e. The molecule has 4 rings (SSSR count). The molecule has 1 atom stereocenters. The van der Waals surface area contributed by atoms with Gasteiger partial charge in [-0.25, -0.2) is 0 Å². The number of methoxy groups -OCH3 is 2. The van der Waals surface area contributed by atoms with Crippen molar-refractivity contribution in [1.82, 2.24) is 0 Å². The third kappa shape index (κ3) is 4.69. The number of benzene rings is 3. The lowest BCUT2D eigenvalue weighted by Gasteiger charge is -2.28. The van der Waals surface area contributed by atoms with Crippen LogP contribution in [0.3, 0.4) is 0 Å². The molecule has 7 nitrogen and oxygen atoms in total. The second-order valence-electron chi connectivity index (χ2n) is 8.58. The molecule has 1 amide bonds. The number of ketones is 1. The van der Waals surface area contributed by atoms with Crippen molar-refractivity contribution >= 4 is 39.1 Å².